The van der Waals surface area contributed by atoms with Crippen molar-refractivity contribution in [1.29, 1.82) is 0 Å². The highest BCUT2D eigenvalue weighted by Crippen LogP contribution is 2.54. The van der Waals surface area contributed by atoms with E-state index in [9.17, 15) is 15.3 Å². The van der Waals surface area contributed by atoms with Crippen molar-refractivity contribution in [2.75, 3.05) is 0 Å². The first-order valence-corrected chi connectivity index (χ1v) is 17.8. The lowest BCUT2D eigenvalue weighted by molar-refractivity contribution is 0.0107. The van der Waals surface area contributed by atoms with Gasteiger partial charge in [-0.25, -0.2) is 0 Å². The Morgan fingerprint density at radius 2 is 1.45 bits per heavy atom. The van der Waals surface area contributed by atoms with Gasteiger partial charge in [-0.3, -0.25) is 0 Å². The summed E-state index contributed by atoms with van der Waals surface area (Å²) in [5, 5.41) is 32.1. The summed E-state index contributed by atoms with van der Waals surface area (Å²) < 4.78 is 7.66. The van der Waals surface area contributed by atoms with Crippen LogP contribution < -0.4 is 4.74 Å². The topological polar surface area (TPSA) is 69.9 Å². The van der Waals surface area contributed by atoms with Gasteiger partial charge in [0.15, 0.2) is 0 Å². The highest BCUT2D eigenvalue weighted by atomic mass is 79.9. The smallest absolute Gasteiger partial charge is 0.137 e. The molecule has 240 valence electrons. The third-order valence-corrected chi connectivity index (χ3v) is 11.4. The number of phenols is 3. The fourth-order valence-corrected chi connectivity index (χ4v) is 8.92. The quantitative estimate of drug-likeness (QED) is 0.259. The Kier molecular flexibility index (Phi) is 11.1. The maximum atomic E-state index is 10.8. The fraction of sp³-hybridized carbons (Fsp3) is 0.526. The Morgan fingerprint density at radius 3 is 2.02 bits per heavy atom. The van der Waals surface area contributed by atoms with E-state index in [0.717, 1.165) is 73.8 Å². The van der Waals surface area contributed by atoms with Crippen LogP contribution in [0.2, 0.25) is 0 Å². The molecule has 3 aliphatic rings. The first-order valence-electron chi connectivity index (χ1n) is 16.2. The molecule has 44 heavy (non-hydrogen) atoms. The third-order valence-electron chi connectivity index (χ3n) is 9.73. The van der Waals surface area contributed by atoms with Crippen molar-refractivity contribution in [1.82, 2.24) is 0 Å². The van der Waals surface area contributed by atoms with Crippen molar-refractivity contribution in [3.63, 3.8) is 0 Å². The summed E-state index contributed by atoms with van der Waals surface area (Å²) in [4.78, 5) is 0. The van der Waals surface area contributed by atoms with Crippen LogP contribution in [0, 0.1) is 11.8 Å². The van der Waals surface area contributed by atoms with Crippen molar-refractivity contribution in [3.8, 4) is 23.0 Å². The maximum Gasteiger partial charge on any atom is 0.137 e. The molecule has 2 aliphatic carbocycles. The first-order chi connectivity index (χ1) is 20.7. The minimum absolute atomic E-state index is 0.0514. The van der Waals surface area contributed by atoms with Crippen LogP contribution in [0.3, 0.4) is 0 Å². The number of ether oxygens (including phenoxy) is 1. The van der Waals surface area contributed by atoms with E-state index < -0.39 is 0 Å². The van der Waals surface area contributed by atoms with E-state index in [0.29, 0.717) is 26.2 Å². The molecule has 2 unspecified atom stereocenters. The Bertz CT molecular complexity index is 1440. The maximum absolute atomic E-state index is 10.8. The van der Waals surface area contributed by atoms with E-state index in [4.69, 9.17) is 4.74 Å². The highest BCUT2D eigenvalue weighted by molar-refractivity contribution is 9.11. The molecular weight excluding hydrogens is 680 g/mol. The number of aryl methyl sites for hydroxylation is 1. The second-order valence-corrected chi connectivity index (χ2v) is 15.2. The van der Waals surface area contributed by atoms with Crippen LogP contribution in [0.1, 0.15) is 121 Å². The summed E-state index contributed by atoms with van der Waals surface area (Å²) in [6.45, 7) is 19.0. The normalized spacial score (nSPS) is 23.7. The predicted octanol–water partition coefficient (Wildman–Crippen LogP) is 11.5. The average Bonchev–Trinajstić information content (AvgIpc) is 2.94. The third kappa shape index (κ3) is 6.97. The summed E-state index contributed by atoms with van der Waals surface area (Å²) in [6.07, 6.45) is 12.6. The van der Waals surface area contributed by atoms with E-state index in [-0.39, 0.29) is 34.9 Å². The Balaban J connectivity index is 0.000000201. The molecule has 6 heteroatoms. The van der Waals surface area contributed by atoms with Gasteiger partial charge in [-0.05, 0) is 134 Å². The van der Waals surface area contributed by atoms with Crippen molar-refractivity contribution in [3.05, 3.63) is 78.8 Å². The molecule has 0 saturated heterocycles. The number of halogens is 2. The molecule has 2 aromatic rings. The van der Waals surface area contributed by atoms with Gasteiger partial charge >= 0.3 is 0 Å². The number of hydrogen-bond acceptors (Lipinski definition) is 4. The molecule has 0 amide bonds. The number of fused-ring (bicyclic) bond motifs is 3. The highest BCUT2D eigenvalue weighted by Gasteiger charge is 2.45. The van der Waals surface area contributed by atoms with Crippen LogP contribution in [0.5, 0.6) is 23.0 Å². The van der Waals surface area contributed by atoms with Crippen molar-refractivity contribution < 1.29 is 20.1 Å². The van der Waals surface area contributed by atoms with Crippen molar-refractivity contribution >= 4 is 31.9 Å². The Morgan fingerprint density at radius 1 is 0.886 bits per heavy atom. The minimum atomic E-state index is -0.174. The van der Waals surface area contributed by atoms with Crippen LogP contribution in [0.4, 0.5) is 0 Å². The molecule has 0 spiro atoms. The lowest BCUT2D eigenvalue weighted by atomic mass is 9.68. The molecule has 2 aromatic carbocycles. The zero-order valence-corrected chi connectivity index (χ0v) is 30.7. The van der Waals surface area contributed by atoms with Gasteiger partial charge in [-0.15, -0.1) is 0 Å². The number of allylic oxidation sites excluding steroid dienone is 5. The molecule has 0 fully saturated rings. The van der Waals surface area contributed by atoms with Crippen LogP contribution in [-0.4, -0.2) is 20.9 Å². The zero-order chi connectivity index (χ0) is 32.5. The molecule has 5 rings (SSSR count). The van der Waals surface area contributed by atoms with Crippen LogP contribution in [0.15, 0.2) is 56.5 Å². The van der Waals surface area contributed by atoms with Gasteiger partial charge in [0.05, 0.1) is 8.95 Å². The summed E-state index contributed by atoms with van der Waals surface area (Å²) in [7, 11) is 0. The molecule has 1 aliphatic heterocycles. The summed E-state index contributed by atoms with van der Waals surface area (Å²) in [6, 6.07) is 4.06. The van der Waals surface area contributed by atoms with Gasteiger partial charge in [0.1, 0.15) is 28.6 Å². The molecule has 4 nitrogen and oxygen atoms in total. The molecule has 0 bridgehead atoms. The molecule has 0 saturated carbocycles. The van der Waals surface area contributed by atoms with Gasteiger partial charge in [0.25, 0.3) is 0 Å². The molecule has 0 radical (unpaired) electrons. The van der Waals surface area contributed by atoms with Crippen molar-refractivity contribution in [2.24, 2.45) is 11.8 Å². The van der Waals surface area contributed by atoms with E-state index in [1.54, 1.807) is 0 Å². The standard InChI is InChI=1S/C19H24Br2O2.C19H26O2/c1-5-6-13-16(20)18(22)15(19(23)17(13)21)14-9-11(4)7-8-12(14)10(2)3;1-5-6-13-10-16(20)18-14-9-12(2)7-8-15(14)19(3,4)21-17(18)11-13/h9,12,14,22-23H,2,5-8H2,1,3-4H3;9-11,14-15,20H,5-8H2,1-4H3/t12?,14-;14-,15?/m11/s1. The second-order valence-electron chi connectivity index (χ2n) is 13.7. The summed E-state index contributed by atoms with van der Waals surface area (Å²) in [5.74, 6) is 2.50. The van der Waals surface area contributed by atoms with Gasteiger partial charge in [-0.1, -0.05) is 62.1 Å². The fourth-order valence-electron chi connectivity index (χ4n) is 7.43. The van der Waals surface area contributed by atoms with E-state index in [1.165, 1.54) is 16.7 Å². The lowest BCUT2D eigenvalue weighted by Gasteiger charge is -2.46. The van der Waals surface area contributed by atoms with Crippen LogP contribution in [0.25, 0.3) is 0 Å². The van der Waals surface area contributed by atoms with E-state index in [2.05, 4.69) is 98.2 Å². The summed E-state index contributed by atoms with van der Waals surface area (Å²) in [5.41, 5.74) is 7.30. The van der Waals surface area contributed by atoms with Crippen LogP contribution >= 0.6 is 31.9 Å². The Labute approximate surface area is 281 Å². The van der Waals surface area contributed by atoms with Gasteiger partial charge < -0.3 is 20.1 Å². The second kappa shape index (κ2) is 14.1. The first kappa shape index (κ1) is 34.7. The number of benzene rings is 2. The van der Waals surface area contributed by atoms with Gasteiger partial charge in [0.2, 0.25) is 0 Å². The number of hydrogen-bond donors (Lipinski definition) is 3. The van der Waals surface area contributed by atoms with E-state index >= 15 is 0 Å². The predicted molar refractivity (Wildman–Crippen MR) is 189 cm³/mol. The van der Waals surface area contributed by atoms with Gasteiger partial charge in [0, 0.05) is 28.9 Å². The average molecular weight is 731 g/mol. The molecule has 4 atom stereocenters. The number of phenolic OH excluding ortho intramolecular Hbond substituents is 3. The molecule has 1 heterocycles. The molecular formula is C38H50Br2O4. The Hall–Kier alpha value is -2.18. The van der Waals surface area contributed by atoms with Crippen molar-refractivity contribution in [2.45, 2.75) is 117 Å². The zero-order valence-electron chi connectivity index (χ0n) is 27.5. The molecule has 3 N–H and O–H groups in total. The number of rotatable bonds is 6. The van der Waals surface area contributed by atoms with E-state index in [1.807, 2.05) is 13.0 Å². The minimum Gasteiger partial charge on any atom is -0.507 e. The lowest BCUT2D eigenvalue weighted by Crippen LogP contribution is -2.45. The monoisotopic (exact) mass is 728 g/mol. The largest absolute Gasteiger partial charge is 0.507 e. The van der Waals surface area contributed by atoms with Crippen LogP contribution in [-0.2, 0) is 12.8 Å². The molecule has 0 aromatic heterocycles. The summed E-state index contributed by atoms with van der Waals surface area (Å²) >= 11 is 7.04. The number of aromatic hydroxyl groups is 3. The SMILES string of the molecule is C=C(C)C1CCC(C)=C[C@H]1c1c(O)c(Br)c(CCC)c(Br)c1O.CCCc1cc(O)c2c(c1)OC(C)(C)C1CCC(C)=C[C@@H]21. The van der Waals surface area contributed by atoms with Gasteiger partial charge in [-0.2, -0.15) is 0 Å².